The smallest absolute Gasteiger partial charge is 0.327 e. The van der Waals surface area contributed by atoms with E-state index in [0.29, 0.717) is 12.2 Å². The number of hydrogen-bond donors (Lipinski definition) is 2. The van der Waals surface area contributed by atoms with Gasteiger partial charge >= 0.3 is 11.9 Å². The number of aliphatic hydroxyl groups excluding tert-OH is 1. The topological polar surface area (TPSA) is 70.1 Å². The van der Waals surface area contributed by atoms with Crippen molar-refractivity contribution in [1.29, 1.82) is 0 Å². The van der Waals surface area contributed by atoms with E-state index in [1.165, 1.54) is 44.9 Å². The highest BCUT2D eigenvalue weighted by Gasteiger charge is 2.19. The molecule has 0 saturated heterocycles. The highest BCUT2D eigenvalue weighted by atomic mass is 16.7. The Labute approximate surface area is 145 Å². The lowest BCUT2D eigenvalue weighted by molar-refractivity contribution is -0.137. The molecule has 0 aliphatic carbocycles. The maximum atomic E-state index is 10.4. The van der Waals surface area contributed by atoms with Crippen LogP contribution in [0.4, 0.5) is 0 Å². The molecule has 0 bridgehead atoms. The van der Waals surface area contributed by atoms with E-state index in [4.69, 9.17) is 10.2 Å². The van der Waals surface area contributed by atoms with Crippen LogP contribution in [-0.2, 0) is 9.53 Å². The molecule has 24 heavy (non-hydrogen) atoms. The van der Waals surface area contributed by atoms with Crippen molar-refractivity contribution >= 4 is 5.97 Å². The van der Waals surface area contributed by atoms with Crippen LogP contribution in [0.15, 0.2) is 48.2 Å². The lowest BCUT2D eigenvalue weighted by Crippen LogP contribution is -1.93. The first-order chi connectivity index (χ1) is 11.7. The van der Waals surface area contributed by atoms with E-state index in [9.17, 15) is 4.79 Å². The first kappa shape index (κ1) is 20.1. The molecule has 2 N–H and O–H groups in total. The van der Waals surface area contributed by atoms with E-state index < -0.39 is 5.97 Å². The van der Waals surface area contributed by atoms with Gasteiger partial charge < -0.3 is 14.9 Å². The summed E-state index contributed by atoms with van der Waals surface area (Å²) in [6.45, 7) is 0. The normalized spacial score (nSPS) is 14.2. The number of carbonyl (C=O) groups is 1. The fourth-order valence-corrected chi connectivity index (χ4v) is 2.41. The Morgan fingerprint density at radius 2 is 1.38 bits per heavy atom. The van der Waals surface area contributed by atoms with Gasteiger partial charge in [-0.15, -0.1) is 0 Å². The molecule has 0 atom stereocenters. The maximum Gasteiger partial charge on any atom is 0.327 e. The number of rotatable bonds is 15. The molecule has 1 heterocycles. The van der Waals surface area contributed by atoms with E-state index in [1.807, 2.05) is 24.3 Å². The number of allylic oxidation sites excluding steroid dienone is 6. The largest absolute Gasteiger partial charge is 0.481 e. The van der Waals surface area contributed by atoms with Crippen LogP contribution in [0, 0.1) is 0 Å². The second kappa shape index (κ2) is 13.5. The molecule has 0 radical (unpaired) electrons. The molecular formula is C20H30O4. The lowest BCUT2D eigenvalue weighted by Gasteiger charge is -2.01. The SMILES string of the molecule is O=C(O)CCCCCCCCCCCC=CC=CC=CC1=C(O)O1. The average Bonchev–Trinajstić information content (AvgIpc) is 3.25. The molecule has 1 rings (SSSR count). The summed E-state index contributed by atoms with van der Waals surface area (Å²) in [5.74, 6) is -0.112. The number of unbranched alkanes of at least 4 members (excludes halogenated alkanes) is 9. The first-order valence-corrected chi connectivity index (χ1v) is 9.03. The summed E-state index contributed by atoms with van der Waals surface area (Å²) in [5, 5.41) is 17.4. The molecule has 0 saturated carbocycles. The first-order valence-electron chi connectivity index (χ1n) is 9.03. The number of hydrogen-bond acceptors (Lipinski definition) is 3. The third-order valence-electron chi connectivity index (χ3n) is 3.85. The Balaban J connectivity index is 1.78. The summed E-state index contributed by atoms with van der Waals surface area (Å²) < 4.78 is 4.68. The van der Waals surface area contributed by atoms with Crippen molar-refractivity contribution in [1.82, 2.24) is 0 Å². The Kier molecular flexibility index (Phi) is 11.3. The van der Waals surface area contributed by atoms with Crippen LogP contribution in [0.2, 0.25) is 0 Å². The zero-order valence-electron chi connectivity index (χ0n) is 14.5. The summed E-state index contributed by atoms with van der Waals surface area (Å²) >= 11 is 0. The molecule has 0 aromatic heterocycles. The molecule has 0 aromatic rings. The van der Waals surface area contributed by atoms with Gasteiger partial charge in [-0.3, -0.25) is 4.79 Å². The molecule has 0 aromatic carbocycles. The van der Waals surface area contributed by atoms with Crippen molar-refractivity contribution in [2.24, 2.45) is 0 Å². The molecule has 4 heteroatoms. The summed E-state index contributed by atoms with van der Waals surface area (Å²) in [6, 6.07) is 0. The number of aliphatic hydroxyl groups is 1. The second-order valence-corrected chi connectivity index (χ2v) is 6.06. The van der Waals surface area contributed by atoms with Crippen molar-refractivity contribution in [3.8, 4) is 0 Å². The van der Waals surface area contributed by atoms with Crippen molar-refractivity contribution in [3.63, 3.8) is 0 Å². The number of carboxylic acids is 1. The standard InChI is InChI=1S/C20H30O4/c21-19(22)17-15-13-11-9-7-5-3-1-2-4-6-8-10-12-14-16-18-20(23)24-18/h6,8,10,12,14,16,23H,1-5,7,9,11,13,15,17H2,(H,21,22). The van der Waals surface area contributed by atoms with Crippen molar-refractivity contribution in [2.75, 3.05) is 0 Å². The van der Waals surface area contributed by atoms with Gasteiger partial charge in [0, 0.05) is 6.42 Å². The molecule has 0 fully saturated rings. The van der Waals surface area contributed by atoms with E-state index in [2.05, 4.69) is 10.8 Å². The van der Waals surface area contributed by atoms with Gasteiger partial charge in [-0.2, -0.15) is 0 Å². The van der Waals surface area contributed by atoms with Crippen LogP contribution < -0.4 is 0 Å². The van der Waals surface area contributed by atoms with E-state index >= 15 is 0 Å². The van der Waals surface area contributed by atoms with Crippen LogP contribution in [0.1, 0.15) is 70.6 Å². The molecule has 0 unspecified atom stereocenters. The van der Waals surface area contributed by atoms with Gasteiger partial charge in [0.05, 0.1) is 0 Å². The fourth-order valence-electron chi connectivity index (χ4n) is 2.41. The van der Waals surface area contributed by atoms with E-state index in [0.717, 1.165) is 19.3 Å². The minimum Gasteiger partial charge on any atom is -0.481 e. The van der Waals surface area contributed by atoms with Gasteiger partial charge in [0.2, 0.25) is 5.76 Å². The highest BCUT2D eigenvalue weighted by molar-refractivity contribution is 5.66. The van der Waals surface area contributed by atoms with Crippen molar-refractivity contribution in [3.05, 3.63) is 48.2 Å². The molecule has 4 nitrogen and oxygen atoms in total. The maximum absolute atomic E-state index is 10.4. The Hall–Kier alpha value is -1.97. The van der Waals surface area contributed by atoms with E-state index in [-0.39, 0.29) is 5.95 Å². The van der Waals surface area contributed by atoms with Gasteiger partial charge in [-0.25, -0.2) is 0 Å². The third-order valence-corrected chi connectivity index (χ3v) is 3.85. The highest BCUT2D eigenvalue weighted by Crippen LogP contribution is 2.23. The molecule has 1 aliphatic rings. The minimum atomic E-state index is -0.679. The molecule has 134 valence electrons. The zero-order valence-corrected chi connectivity index (χ0v) is 14.5. The predicted molar refractivity (Wildman–Crippen MR) is 96.6 cm³/mol. The molecule has 0 amide bonds. The number of aliphatic carboxylic acids is 1. The second-order valence-electron chi connectivity index (χ2n) is 6.06. The van der Waals surface area contributed by atoms with Gasteiger partial charge in [-0.05, 0) is 25.3 Å². The summed E-state index contributed by atoms with van der Waals surface area (Å²) in [7, 11) is 0. The van der Waals surface area contributed by atoms with Gasteiger partial charge in [0.25, 0.3) is 0 Å². The van der Waals surface area contributed by atoms with Crippen molar-refractivity contribution < 1.29 is 19.7 Å². The van der Waals surface area contributed by atoms with Gasteiger partial charge in [-0.1, -0.05) is 75.3 Å². The predicted octanol–water partition coefficient (Wildman–Crippen LogP) is 5.79. The Morgan fingerprint density at radius 3 is 1.96 bits per heavy atom. The zero-order chi connectivity index (χ0) is 17.5. The van der Waals surface area contributed by atoms with Crippen molar-refractivity contribution in [2.45, 2.75) is 70.6 Å². The fraction of sp³-hybridized carbons (Fsp3) is 0.550. The quantitative estimate of drug-likeness (QED) is 0.294. The van der Waals surface area contributed by atoms with Crippen LogP contribution in [0.3, 0.4) is 0 Å². The molecule has 1 aliphatic heterocycles. The Morgan fingerprint density at radius 1 is 0.833 bits per heavy atom. The van der Waals surface area contributed by atoms with Gasteiger partial charge in [0.1, 0.15) is 0 Å². The third kappa shape index (κ3) is 12.6. The van der Waals surface area contributed by atoms with Crippen LogP contribution in [0.25, 0.3) is 0 Å². The van der Waals surface area contributed by atoms with Gasteiger partial charge in [0.15, 0.2) is 0 Å². The Bertz CT molecular complexity index is 472. The lowest BCUT2D eigenvalue weighted by atomic mass is 10.1. The number of ether oxygens (including phenoxy) is 1. The summed E-state index contributed by atoms with van der Waals surface area (Å²) in [4.78, 5) is 10.4. The molecule has 0 spiro atoms. The summed E-state index contributed by atoms with van der Waals surface area (Å²) in [5.41, 5.74) is 0. The van der Waals surface area contributed by atoms with Crippen LogP contribution in [-0.4, -0.2) is 16.2 Å². The molecular weight excluding hydrogens is 304 g/mol. The average molecular weight is 334 g/mol. The van der Waals surface area contributed by atoms with Crippen LogP contribution in [0.5, 0.6) is 0 Å². The number of carboxylic acid groups (broad SMARTS) is 1. The van der Waals surface area contributed by atoms with E-state index in [1.54, 1.807) is 6.08 Å². The summed E-state index contributed by atoms with van der Waals surface area (Å²) in [6.07, 6.45) is 23.7. The van der Waals surface area contributed by atoms with Crippen LogP contribution >= 0.6 is 0 Å². The monoisotopic (exact) mass is 334 g/mol. The minimum absolute atomic E-state index is 0.0216.